The molecule has 109 heavy (non-hydrogen) atoms. The first kappa shape index (κ1) is 108. The van der Waals surface area contributed by atoms with Gasteiger partial charge in [-0.2, -0.15) is 9.36 Å². The molecule has 4 aliphatic heterocycles. The van der Waals surface area contributed by atoms with Gasteiger partial charge in [0.1, 0.15) is 6.10 Å². The molecule has 28 nitrogen and oxygen atoms in total. The Morgan fingerprint density at radius 3 is 1.11 bits per heavy atom. The summed E-state index contributed by atoms with van der Waals surface area (Å²) in [5, 5.41) is 37.0. The Bertz CT molecular complexity index is 2930. The molecule has 0 bridgehead atoms. The van der Waals surface area contributed by atoms with Crippen LogP contribution in [0.1, 0.15) is 292 Å². The van der Waals surface area contributed by atoms with Gasteiger partial charge in [-0.05, 0) is 284 Å². The fourth-order valence-electron chi connectivity index (χ4n) is 9.97. The predicted molar refractivity (Wildman–Crippen MR) is 443 cm³/mol. The van der Waals surface area contributed by atoms with Crippen LogP contribution in [0.5, 0.6) is 0 Å². The number of aromatic nitrogens is 10. The second kappa shape index (κ2) is 49.4. The van der Waals surface area contributed by atoms with Crippen molar-refractivity contribution in [3.63, 3.8) is 0 Å². The largest absolute Gasteiger partial charge is 0.381 e. The van der Waals surface area contributed by atoms with E-state index in [1.165, 1.54) is 47.9 Å². The number of hydrogen-bond donors (Lipinski definition) is 0. The summed E-state index contributed by atoms with van der Waals surface area (Å²) < 4.78 is 44.7. The van der Waals surface area contributed by atoms with Crippen molar-refractivity contribution in [1.82, 2.24) is 69.4 Å². The van der Waals surface area contributed by atoms with Crippen molar-refractivity contribution >= 4 is 11.9 Å². The highest BCUT2D eigenvalue weighted by Gasteiger charge is 2.34. The summed E-state index contributed by atoms with van der Waals surface area (Å²) in [6, 6.07) is 1.42. The molecule has 2 saturated carbocycles. The van der Waals surface area contributed by atoms with Gasteiger partial charge in [-0.15, -0.1) is 20.4 Å². The van der Waals surface area contributed by atoms with Gasteiger partial charge in [0.2, 0.25) is 5.91 Å². The van der Waals surface area contributed by atoms with Gasteiger partial charge < -0.3 is 52.8 Å². The third-order valence-electron chi connectivity index (χ3n) is 16.6. The molecular formula is C81H166N18O10. The summed E-state index contributed by atoms with van der Waals surface area (Å²) in [6.45, 7) is 73.0. The van der Waals surface area contributed by atoms with E-state index in [9.17, 15) is 14.4 Å². The molecule has 3 aromatic heterocycles. The zero-order valence-corrected chi connectivity index (χ0v) is 76.2. The Labute approximate surface area is 663 Å². The number of carbonyl (C=O) groups excluding carboxylic acids is 2. The molecule has 9 rings (SSSR count). The maximum atomic E-state index is 11.2. The molecule has 3 saturated heterocycles. The Balaban J connectivity index is -0.00000114. The van der Waals surface area contributed by atoms with E-state index in [4.69, 9.17) is 33.2 Å². The van der Waals surface area contributed by atoms with Crippen LogP contribution in [0.4, 0.5) is 4.79 Å². The summed E-state index contributed by atoms with van der Waals surface area (Å²) >= 11 is 0. The van der Waals surface area contributed by atoms with Gasteiger partial charge in [0.15, 0.2) is 6.17 Å². The van der Waals surface area contributed by atoms with Crippen LogP contribution in [-0.4, -0.2) is 234 Å². The number of nitrogens with zero attached hydrogens (tertiary/aromatic N) is 18. The minimum absolute atomic E-state index is 0. The number of rotatable bonds is 7. The van der Waals surface area contributed by atoms with Gasteiger partial charge >= 0.3 is 11.7 Å². The summed E-state index contributed by atoms with van der Waals surface area (Å²) in [5.41, 5.74) is 1.43. The van der Waals surface area contributed by atoms with Crippen LogP contribution >= 0.6 is 0 Å². The van der Waals surface area contributed by atoms with Crippen molar-refractivity contribution in [2.45, 2.75) is 381 Å². The highest BCUT2D eigenvalue weighted by Crippen LogP contribution is 2.44. The SMILES string of the molecule is C.CC(=O)N(C)C(C)C.CC(C)(C)C1CC1.CC(C)(C)C1N=NN=N1.CC(C)(C)OC1CCOC1.CC(C)(C)OC1CCOCC1.CC(C)(C)OC1COC1.CC(C)(C)n1ccnn1.CC(C)N(C)C(=O)N(C)C.CN(C)C1CCC(OC(C)(C)C)CC1.Cc1cnnn1C(C)(C)C.Cn1nnn(C(C)(C)C)c1=O. The average Bonchev–Trinajstić information content (AvgIpc) is 1.70. The number of urea groups is 1. The van der Waals surface area contributed by atoms with Crippen LogP contribution < -0.4 is 5.69 Å². The van der Waals surface area contributed by atoms with Crippen molar-refractivity contribution in [3.05, 3.63) is 34.8 Å². The van der Waals surface area contributed by atoms with Crippen molar-refractivity contribution in [2.24, 2.45) is 44.5 Å². The van der Waals surface area contributed by atoms with E-state index in [1.807, 2.05) is 71.0 Å². The molecule has 2 aliphatic carbocycles. The molecule has 640 valence electrons. The molecule has 7 heterocycles. The van der Waals surface area contributed by atoms with Crippen molar-refractivity contribution in [3.8, 4) is 0 Å². The Kier molecular flexibility index (Phi) is 48.9. The van der Waals surface area contributed by atoms with Gasteiger partial charge in [-0.25, -0.2) is 19.0 Å². The number of aryl methyl sites for hydroxylation is 2. The molecule has 0 radical (unpaired) electrons. The highest BCUT2D eigenvalue weighted by atomic mass is 16.6. The lowest BCUT2D eigenvalue weighted by molar-refractivity contribution is -0.176. The third-order valence-corrected chi connectivity index (χ3v) is 16.6. The molecule has 0 spiro atoms. The predicted octanol–water partition coefficient (Wildman–Crippen LogP) is 16.7. The van der Waals surface area contributed by atoms with Crippen LogP contribution in [0.25, 0.3) is 0 Å². The van der Waals surface area contributed by atoms with Crippen LogP contribution in [-0.2, 0) is 61.6 Å². The van der Waals surface area contributed by atoms with Crippen molar-refractivity contribution < 1.29 is 42.7 Å². The molecule has 0 aromatic carbocycles. The Morgan fingerprint density at radius 1 is 0.486 bits per heavy atom. The fourth-order valence-corrected chi connectivity index (χ4v) is 9.97. The van der Waals surface area contributed by atoms with Crippen LogP contribution in [0.2, 0.25) is 0 Å². The van der Waals surface area contributed by atoms with Gasteiger partial charge in [-0.1, -0.05) is 59.4 Å². The minimum Gasteiger partial charge on any atom is -0.381 e. The van der Waals surface area contributed by atoms with E-state index in [1.54, 1.807) is 69.3 Å². The first-order valence-corrected chi connectivity index (χ1v) is 39.2. The number of ether oxygens (including phenoxy) is 7. The topological polar surface area (TPSA) is 275 Å². The smallest absolute Gasteiger partial charge is 0.363 e. The summed E-state index contributed by atoms with van der Waals surface area (Å²) in [6.07, 6.45) is 18.0. The van der Waals surface area contributed by atoms with Crippen molar-refractivity contribution in [1.29, 1.82) is 0 Å². The van der Waals surface area contributed by atoms with Crippen LogP contribution in [0, 0.1) is 23.7 Å². The van der Waals surface area contributed by atoms with Gasteiger partial charge in [0.05, 0.1) is 95.2 Å². The average molecular weight is 1550 g/mol. The number of amides is 3. The molecule has 0 N–H and O–H groups in total. The Hall–Kier alpha value is -5.23. The summed E-state index contributed by atoms with van der Waals surface area (Å²) in [4.78, 5) is 40.2. The van der Waals surface area contributed by atoms with Gasteiger partial charge in [0, 0.05) is 91.7 Å². The third kappa shape index (κ3) is 53.4. The first-order valence-electron chi connectivity index (χ1n) is 39.2. The molecule has 6 aliphatic rings. The monoisotopic (exact) mass is 1550 g/mol. The summed E-state index contributed by atoms with van der Waals surface area (Å²) in [5.74, 6) is 1.17. The van der Waals surface area contributed by atoms with Crippen LogP contribution in [0.3, 0.4) is 0 Å². The minimum atomic E-state index is -0.286. The summed E-state index contributed by atoms with van der Waals surface area (Å²) in [7, 11) is 13.0. The van der Waals surface area contributed by atoms with E-state index in [2.05, 4.69) is 237 Å². The zero-order chi connectivity index (χ0) is 84.4. The number of hydrogen-bond acceptors (Lipinski definition) is 21. The molecule has 3 aromatic rings. The second-order valence-electron chi connectivity index (χ2n) is 38.6. The fraction of sp³-hybridized carbons (Fsp3) is 0.914. The van der Waals surface area contributed by atoms with Crippen molar-refractivity contribution in [2.75, 3.05) is 81.9 Å². The lowest BCUT2D eigenvalue weighted by Crippen LogP contribution is -2.41. The standard InChI is InChI=1S/C12H25NO.C9H18O2.C8H16O2.C7H13N3.C7H16N2O.C7H14O2.C7H14.C6H12N4O.C6H11N3.C6H13NO.C5H10N4.CH4/c1-12(2,3)14-11-8-6-10(7-9-11)13(4)5;1-9(2,3)11-8-4-6-10-7-5-8;1-8(2,3)10-7-4-5-9-6-7;1-6-5-8-9-10(6)7(2,3)4;1-6(2)9(5)7(10)8(3)4;1-7(2,3)9-6-4-8-5-6;1-7(2,3)6-4-5-6;1-6(2,3)10-5(11)9(4)7-8-10;1-6(2,3)9-5-4-7-8-9;1-5(2)7(4)6(3)8;1-5(2,3)4-6-8-9-7-4;/h10-11H,6-9H2,1-5H3;8H,4-7H2,1-3H3;7H,4-6H2,1-3H3;5H,1-4H3;6H,1-5H3;6H,4-5H2,1-3H3;6H,4-5H2,1-3H3;1-4H3;4-5H,1-3H3;5H,1-4H3;4H,1-3H3;1H4. The molecule has 5 fully saturated rings. The van der Waals surface area contributed by atoms with Gasteiger partial charge in [-0.3, -0.25) is 4.79 Å². The van der Waals surface area contributed by atoms with Crippen LogP contribution in [0.15, 0.2) is 44.1 Å². The number of tetrazole rings is 1. The highest BCUT2D eigenvalue weighted by molar-refractivity contribution is 5.73. The molecule has 3 amide bonds. The molecule has 1 atom stereocenters. The molecule has 1 unspecified atom stereocenters. The maximum Gasteiger partial charge on any atom is 0.363 e. The van der Waals surface area contributed by atoms with E-state index >= 15 is 0 Å². The van der Waals surface area contributed by atoms with Gasteiger partial charge in [0.25, 0.3) is 0 Å². The molecule has 28 heteroatoms. The lowest BCUT2D eigenvalue weighted by atomic mass is 9.91. The number of carbonyl (C=O) groups is 2. The first-order chi connectivity index (χ1) is 48.9. The maximum absolute atomic E-state index is 11.2. The van der Waals surface area contributed by atoms with E-state index < -0.39 is 0 Å². The van der Waals surface area contributed by atoms with E-state index in [-0.39, 0.29) is 81.7 Å². The zero-order valence-electron chi connectivity index (χ0n) is 76.2. The van der Waals surface area contributed by atoms with E-state index in [0.29, 0.717) is 35.9 Å². The van der Waals surface area contributed by atoms with E-state index in [0.717, 1.165) is 76.6 Å². The second-order valence-corrected chi connectivity index (χ2v) is 38.6. The molecular weight excluding hydrogens is 1390 g/mol. The lowest BCUT2D eigenvalue weighted by Gasteiger charge is -2.35. The Morgan fingerprint density at radius 2 is 0.899 bits per heavy atom. The normalized spacial score (nSPS) is 18.3. The quantitative estimate of drug-likeness (QED) is 0.212.